The minimum absolute atomic E-state index is 0.151. The van der Waals surface area contributed by atoms with Crippen molar-refractivity contribution in [2.45, 2.75) is 32.7 Å². The summed E-state index contributed by atoms with van der Waals surface area (Å²) in [5, 5.41) is 15.3. The van der Waals surface area contributed by atoms with E-state index in [0.717, 1.165) is 22.4 Å². The van der Waals surface area contributed by atoms with Gasteiger partial charge in [-0.2, -0.15) is 0 Å². The number of para-hydroxylation sites is 1. The van der Waals surface area contributed by atoms with E-state index >= 15 is 0 Å². The quantitative estimate of drug-likeness (QED) is 0.782. The molecule has 23 heavy (non-hydrogen) atoms. The zero-order chi connectivity index (χ0) is 16.8. The Bertz CT molecular complexity index is 654. The number of aliphatic hydroxyl groups excluding tert-OH is 1. The lowest BCUT2D eigenvalue weighted by atomic mass is 9.98. The summed E-state index contributed by atoms with van der Waals surface area (Å²) < 4.78 is 0. The highest BCUT2D eigenvalue weighted by Gasteiger charge is 2.16. The Morgan fingerprint density at radius 3 is 2.39 bits per heavy atom. The molecule has 4 heteroatoms. The highest BCUT2D eigenvalue weighted by atomic mass is 16.3. The third-order valence-electron chi connectivity index (χ3n) is 3.86. The molecule has 2 aromatic carbocycles. The van der Waals surface area contributed by atoms with Gasteiger partial charge in [0.15, 0.2) is 0 Å². The van der Waals surface area contributed by atoms with Crippen LogP contribution in [0.25, 0.3) is 0 Å². The fourth-order valence-electron chi connectivity index (χ4n) is 2.57. The number of rotatable bonds is 5. The first-order valence-electron chi connectivity index (χ1n) is 7.85. The van der Waals surface area contributed by atoms with Crippen molar-refractivity contribution in [2.24, 2.45) is 0 Å². The van der Waals surface area contributed by atoms with Crippen molar-refractivity contribution >= 4 is 11.7 Å². The van der Waals surface area contributed by atoms with E-state index in [1.807, 2.05) is 55.5 Å². The SMILES string of the molecule is Cc1cccc(C(C)C)c1NC(=O)NC(CO)c1ccccc1. The number of hydrogen-bond donors (Lipinski definition) is 3. The maximum absolute atomic E-state index is 12.3. The van der Waals surface area contributed by atoms with E-state index in [1.54, 1.807) is 0 Å². The molecule has 122 valence electrons. The molecule has 0 spiro atoms. The van der Waals surface area contributed by atoms with Crippen LogP contribution >= 0.6 is 0 Å². The van der Waals surface area contributed by atoms with Crippen LogP contribution in [0, 0.1) is 6.92 Å². The summed E-state index contributed by atoms with van der Waals surface area (Å²) in [7, 11) is 0. The molecular formula is C19H24N2O2. The molecule has 0 radical (unpaired) electrons. The van der Waals surface area contributed by atoms with Gasteiger partial charge in [0, 0.05) is 5.69 Å². The summed E-state index contributed by atoms with van der Waals surface area (Å²) in [5.41, 5.74) is 3.83. The number of amides is 2. The molecule has 3 N–H and O–H groups in total. The summed E-state index contributed by atoms with van der Waals surface area (Å²) in [6.45, 7) is 6.02. The summed E-state index contributed by atoms with van der Waals surface area (Å²) in [4.78, 5) is 12.3. The lowest BCUT2D eigenvalue weighted by molar-refractivity contribution is 0.225. The number of nitrogens with one attached hydrogen (secondary N) is 2. The fraction of sp³-hybridized carbons (Fsp3) is 0.316. The third kappa shape index (κ3) is 4.33. The zero-order valence-electron chi connectivity index (χ0n) is 13.8. The average Bonchev–Trinajstić information content (AvgIpc) is 2.55. The van der Waals surface area contributed by atoms with Gasteiger partial charge in [0.25, 0.3) is 0 Å². The molecule has 0 aliphatic carbocycles. The number of aryl methyl sites for hydroxylation is 1. The first kappa shape index (κ1) is 17.0. The topological polar surface area (TPSA) is 61.4 Å². The normalized spacial score (nSPS) is 12.0. The molecule has 0 saturated heterocycles. The van der Waals surface area contributed by atoms with E-state index in [1.165, 1.54) is 0 Å². The highest BCUT2D eigenvalue weighted by molar-refractivity contribution is 5.91. The van der Waals surface area contributed by atoms with Crippen LogP contribution in [0.15, 0.2) is 48.5 Å². The molecule has 4 nitrogen and oxygen atoms in total. The molecule has 2 rings (SSSR count). The Morgan fingerprint density at radius 2 is 1.78 bits per heavy atom. The molecule has 0 saturated carbocycles. The summed E-state index contributed by atoms with van der Waals surface area (Å²) in [6.07, 6.45) is 0. The van der Waals surface area contributed by atoms with Crippen molar-refractivity contribution in [3.05, 3.63) is 65.2 Å². The second-order valence-electron chi connectivity index (χ2n) is 5.94. The van der Waals surface area contributed by atoms with Gasteiger partial charge in [-0.3, -0.25) is 0 Å². The maximum Gasteiger partial charge on any atom is 0.319 e. The maximum atomic E-state index is 12.3. The zero-order valence-corrected chi connectivity index (χ0v) is 13.8. The van der Waals surface area contributed by atoms with Gasteiger partial charge >= 0.3 is 6.03 Å². The Labute approximate surface area is 137 Å². The fourth-order valence-corrected chi connectivity index (χ4v) is 2.57. The van der Waals surface area contributed by atoms with Crippen molar-refractivity contribution in [2.75, 3.05) is 11.9 Å². The van der Waals surface area contributed by atoms with Gasteiger partial charge in [-0.15, -0.1) is 0 Å². The number of urea groups is 1. The Balaban J connectivity index is 2.14. The molecule has 0 aliphatic heterocycles. The summed E-state index contributed by atoms with van der Waals surface area (Å²) in [5.74, 6) is 0.313. The largest absolute Gasteiger partial charge is 0.394 e. The summed E-state index contributed by atoms with van der Waals surface area (Å²) in [6, 6.07) is 14.7. The van der Waals surface area contributed by atoms with Crippen molar-refractivity contribution < 1.29 is 9.90 Å². The standard InChI is InChI=1S/C19H24N2O2/c1-13(2)16-11-7-8-14(3)18(16)21-19(23)20-17(12-22)15-9-5-4-6-10-15/h4-11,13,17,22H,12H2,1-3H3,(H2,20,21,23). The van der Waals surface area contributed by atoms with Crippen LogP contribution < -0.4 is 10.6 Å². The number of aliphatic hydroxyl groups is 1. The van der Waals surface area contributed by atoms with Crippen LogP contribution in [-0.4, -0.2) is 17.7 Å². The van der Waals surface area contributed by atoms with Crippen LogP contribution in [0.2, 0.25) is 0 Å². The van der Waals surface area contributed by atoms with Crippen LogP contribution in [0.4, 0.5) is 10.5 Å². The predicted molar refractivity (Wildman–Crippen MR) is 93.7 cm³/mol. The molecule has 2 amide bonds. The lowest BCUT2D eigenvalue weighted by Gasteiger charge is -2.20. The van der Waals surface area contributed by atoms with Crippen LogP contribution in [-0.2, 0) is 0 Å². The van der Waals surface area contributed by atoms with E-state index in [2.05, 4.69) is 24.5 Å². The number of hydrogen-bond acceptors (Lipinski definition) is 2. The van der Waals surface area contributed by atoms with E-state index in [4.69, 9.17) is 0 Å². The smallest absolute Gasteiger partial charge is 0.319 e. The monoisotopic (exact) mass is 312 g/mol. The molecule has 1 unspecified atom stereocenters. The number of carbonyl (C=O) groups is 1. The second kappa shape index (κ2) is 7.79. The molecule has 0 aromatic heterocycles. The Hall–Kier alpha value is -2.33. The van der Waals surface area contributed by atoms with E-state index in [-0.39, 0.29) is 12.6 Å². The van der Waals surface area contributed by atoms with Crippen molar-refractivity contribution in [1.29, 1.82) is 0 Å². The molecular weight excluding hydrogens is 288 g/mol. The van der Waals surface area contributed by atoms with E-state index < -0.39 is 6.04 Å². The van der Waals surface area contributed by atoms with Crippen molar-refractivity contribution in [1.82, 2.24) is 5.32 Å². The first-order chi connectivity index (χ1) is 11.0. The van der Waals surface area contributed by atoms with E-state index in [9.17, 15) is 9.90 Å². The van der Waals surface area contributed by atoms with Gasteiger partial charge < -0.3 is 15.7 Å². The Kier molecular flexibility index (Phi) is 5.77. The average molecular weight is 312 g/mol. The van der Waals surface area contributed by atoms with Crippen LogP contribution in [0.5, 0.6) is 0 Å². The van der Waals surface area contributed by atoms with Gasteiger partial charge in [-0.05, 0) is 29.5 Å². The molecule has 0 aliphatic rings. The second-order valence-corrected chi connectivity index (χ2v) is 5.94. The van der Waals surface area contributed by atoms with Crippen molar-refractivity contribution in [3.8, 4) is 0 Å². The van der Waals surface area contributed by atoms with Crippen LogP contribution in [0.1, 0.15) is 42.5 Å². The van der Waals surface area contributed by atoms with Gasteiger partial charge in [-0.1, -0.05) is 62.4 Å². The van der Waals surface area contributed by atoms with Crippen LogP contribution in [0.3, 0.4) is 0 Å². The van der Waals surface area contributed by atoms with Gasteiger partial charge in [0.1, 0.15) is 0 Å². The predicted octanol–water partition coefficient (Wildman–Crippen LogP) is 3.97. The third-order valence-corrected chi connectivity index (χ3v) is 3.86. The number of carbonyl (C=O) groups excluding carboxylic acids is 1. The Morgan fingerprint density at radius 1 is 1.09 bits per heavy atom. The number of benzene rings is 2. The summed E-state index contributed by atoms with van der Waals surface area (Å²) >= 11 is 0. The van der Waals surface area contributed by atoms with E-state index in [0.29, 0.717) is 5.92 Å². The molecule has 0 fully saturated rings. The molecule has 0 bridgehead atoms. The number of anilines is 1. The van der Waals surface area contributed by atoms with Gasteiger partial charge in [0.05, 0.1) is 12.6 Å². The minimum atomic E-state index is -0.428. The van der Waals surface area contributed by atoms with Gasteiger partial charge in [0.2, 0.25) is 0 Å². The lowest BCUT2D eigenvalue weighted by Crippen LogP contribution is -2.34. The highest BCUT2D eigenvalue weighted by Crippen LogP contribution is 2.27. The first-order valence-corrected chi connectivity index (χ1v) is 7.85. The molecule has 0 heterocycles. The minimum Gasteiger partial charge on any atom is -0.394 e. The molecule has 1 atom stereocenters. The molecule has 2 aromatic rings. The van der Waals surface area contributed by atoms with Crippen molar-refractivity contribution in [3.63, 3.8) is 0 Å². The van der Waals surface area contributed by atoms with Gasteiger partial charge in [-0.25, -0.2) is 4.79 Å².